The van der Waals surface area contributed by atoms with E-state index in [1.165, 1.54) is 38.0 Å². The summed E-state index contributed by atoms with van der Waals surface area (Å²) >= 11 is 6.21. The summed E-state index contributed by atoms with van der Waals surface area (Å²) in [4.78, 5) is 2.52. The highest BCUT2D eigenvalue weighted by molar-refractivity contribution is 6.31. The van der Waals surface area contributed by atoms with E-state index in [1.54, 1.807) is 0 Å². The van der Waals surface area contributed by atoms with Crippen LogP contribution in [0.5, 0.6) is 0 Å². The number of benzene rings is 1. The first kappa shape index (κ1) is 14.8. The van der Waals surface area contributed by atoms with Crippen LogP contribution < -0.4 is 5.32 Å². The first-order valence-electron chi connectivity index (χ1n) is 7.41. The Morgan fingerprint density at radius 1 is 1.32 bits per heavy atom. The number of piperidine rings is 1. The molecular formula is C16H25ClN2. The average molecular weight is 281 g/mol. The molecule has 2 rings (SSSR count). The van der Waals surface area contributed by atoms with Gasteiger partial charge in [0.2, 0.25) is 0 Å². The van der Waals surface area contributed by atoms with Crippen LogP contribution in [-0.2, 0) is 6.42 Å². The number of hydrogen-bond donors (Lipinski definition) is 1. The summed E-state index contributed by atoms with van der Waals surface area (Å²) in [6.07, 6.45) is 3.54. The van der Waals surface area contributed by atoms with Gasteiger partial charge in [-0.25, -0.2) is 0 Å². The molecule has 1 aromatic rings. The van der Waals surface area contributed by atoms with Gasteiger partial charge in [-0.3, -0.25) is 0 Å². The Morgan fingerprint density at radius 3 is 2.63 bits per heavy atom. The van der Waals surface area contributed by atoms with Crippen LogP contribution in [0.2, 0.25) is 5.02 Å². The molecule has 0 aromatic heterocycles. The molecule has 1 unspecified atom stereocenters. The van der Waals surface area contributed by atoms with Gasteiger partial charge < -0.3 is 10.2 Å². The van der Waals surface area contributed by atoms with Crippen molar-refractivity contribution in [3.8, 4) is 0 Å². The molecule has 0 amide bonds. The van der Waals surface area contributed by atoms with Gasteiger partial charge in [0.25, 0.3) is 0 Å². The van der Waals surface area contributed by atoms with E-state index in [9.17, 15) is 0 Å². The largest absolute Gasteiger partial charge is 0.311 e. The second-order valence-corrected chi connectivity index (χ2v) is 5.98. The van der Waals surface area contributed by atoms with Crippen LogP contribution in [0.4, 0.5) is 0 Å². The topological polar surface area (TPSA) is 15.3 Å². The van der Waals surface area contributed by atoms with E-state index in [4.69, 9.17) is 11.6 Å². The predicted molar refractivity (Wildman–Crippen MR) is 82.9 cm³/mol. The number of nitrogens with one attached hydrogen (secondary N) is 1. The summed E-state index contributed by atoms with van der Waals surface area (Å²) in [6.45, 7) is 8.14. The molecule has 1 aliphatic heterocycles. The number of nitrogens with zero attached hydrogens (tertiary/aromatic N) is 1. The number of hydrogen-bond acceptors (Lipinski definition) is 2. The second-order valence-electron chi connectivity index (χ2n) is 5.57. The smallest absolute Gasteiger partial charge is 0.0438 e. The predicted octanol–water partition coefficient (Wildman–Crippen LogP) is 3.34. The summed E-state index contributed by atoms with van der Waals surface area (Å²) in [5.74, 6) is 0. The van der Waals surface area contributed by atoms with Crippen LogP contribution in [0.3, 0.4) is 0 Å². The van der Waals surface area contributed by atoms with E-state index in [0.29, 0.717) is 12.1 Å². The fourth-order valence-corrected chi connectivity index (χ4v) is 3.08. The molecule has 1 heterocycles. The molecular weight excluding hydrogens is 256 g/mol. The van der Waals surface area contributed by atoms with Crippen molar-refractivity contribution in [3.63, 3.8) is 0 Å². The molecule has 1 aromatic carbocycles. The molecule has 0 radical (unpaired) electrons. The molecule has 0 spiro atoms. The summed E-state index contributed by atoms with van der Waals surface area (Å²) < 4.78 is 0. The molecule has 1 fully saturated rings. The van der Waals surface area contributed by atoms with Crippen LogP contribution in [-0.4, -0.2) is 36.6 Å². The number of halogens is 1. The zero-order valence-electron chi connectivity index (χ0n) is 12.0. The molecule has 19 heavy (non-hydrogen) atoms. The van der Waals surface area contributed by atoms with E-state index in [2.05, 4.69) is 36.2 Å². The quantitative estimate of drug-likeness (QED) is 0.890. The minimum Gasteiger partial charge on any atom is -0.311 e. The van der Waals surface area contributed by atoms with Crippen molar-refractivity contribution in [1.82, 2.24) is 10.2 Å². The lowest BCUT2D eigenvalue weighted by Gasteiger charge is -2.33. The van der Waals surface area contributed by atoms with Crippen LogP contribution in [0, 0.1) is 0 Å². The Hall–Kier alpha value is -0.570. The molecule has 3 heteroatoms. The average Bonchev–Trinajstić information content (AvgIpc) is 2.42. The van der Waals surface area contributed by atoms with Crippen LogP contribution in [0.1, 0.15) is 32.3 Å². The molecule has 1 aliphatic rings. The number of rotatable bonds is 5. The summed E-state index contributed by atoms with van der Waals surface area (Å²) in [5.41, 5.74) is 1.25. The maximum absolute atomic E-state index is 6.21. The van der Waals surface area contributed by atoms with Crippen molar-refractivity contribution in [2.45, 2.75) is 45.2 Å². The van der Waals surface area contributed by atoms with Gasteiger partial charge in [0.1, 0.15) is 0 Å². The fourth-order valence-electron chi connectivity index (χ4n) is 2.87. The van der Waals surface area contributed by atoms with Gasteiger partial charge in [-0.2, -0.15) is 0 Å². The van der Waals surface area contributed by atoms with Crippen LogP contribution in [0.15, 0.2) is 24.3 Å². The van der Waals surface area contributed by atoms with Crippen molar-refractivity contribution in [2.24, 2.45) is 0 Å². The Bertz CT molecular complexity index is 386. The molecule has 0 aliphatic carbocycles. The third kappa shape index (κ3) is 4.48. The van der Waals surface area contributed by atoms with E-state index < -0.39 is 0 Å². The summed E-state index contributed by atoms with van der Waals surface area (Å²) in [7, 11) is 0. The van der Waals surface area contributed by atoms with E-state index >= 15 is 0 Å². The minimum atomic E-state index is 0.484. The zero-order chi connectivity index (χ0) is 13.7. The summed E-state index contributed by atoms with van der Waals surface area (Å²) in [5, 5.41) is 4.64. The monoisotopic (exact) mass is 280 g/mol. The van der Waals surface area contributed by atoms with Gasteiger partial charge in [0.05, 0.1) is 0 Å². The second kappa shape index (κ2) is 7.28. The minimum absolute atomic E-state index is 0.484. The number of likely N-dealkylation sites (tertiary alicyclic amines) is 1. The highest BCUT2D eigenvalue weighted by Gasteiger charge is 2.19. The van der Waals surface area contributed by atoms with Crippen molar-refractivity contribution >= 4 is 11.6 Å². The third-order valence-corrected chi connectivity index (χ3v) is 4.41. The Kier molecular flexibility index (Phi) is 5.68. The Morgan fingerprint density at radius 2 is 2.00 bits per heavy atom. The highest BCUT2D eigenvalue weighted by Crippen LogP contribution is 2.17. The molecule has 1 atom stereocenters. The summed E-state index contributed by atoms with van der Waals surface area (Å²) in [6, 6.07) is 9.31. The fraction of sp³-hybridized carbons (Fsp3) is 0.625. The van der Waals surface area contributed by atoms with E-state index in [1.807, 2.05) is 12.1 Å². The maximum Gasteiger partial charge on any atom is 0.0438 e. The standard InChI is InChI=1S/C16H25ClN2/c1-3-19-10-8-15(9-11-19)18-13(2)12-14-6-4-5-7-16(14)17/h4-7,13,15,18H,3,8-12H2,1-2H3. The lowest BCUT2D eigenvalue weighted by Crippen LogP contribution is -2.45. The van der Waals surface area contributed by atoms with Crippen molar-refractivity contribution < 1.29 is 0 Å². The molecule has 0 bridgehead atoms. The van der Waals surface area contributed by atoms with Gasteiger partial charge >= 0.3 is 0 Å². The van der Waals surface area contributed by atoms with Gasteiger partial charge in [0, 0.05) is 17.1 Å². The van der Waals surface area contributed by atoms with Gasteiger partial charge in [0.15, 0.2) is 0 Å². The van der Waals surface area contributed by atoms with Crippen molar-refractivity contribution in [3.05, 3.63) is 34.9 Å². The molecule has 106 valence electrons. The van der Waals surface area contributed by atoms with E-state index in [0.717, 1.165) is 11.4 Å². The Balaban J connectivity index is 1.79. The third-order valence-electron chi connectivity index (χ3n) is 4.04. The Labute approximate surface area is 122 Å². The SMILES string of the molecule is CCN1CCC(NC(C)Cc2ccccc2Cl)CC1. The lowest BCUT2D eigenvalue weighted by atomic mass is 10.0. The first-order valence-corrected chi connectivity index (χ1v) is 7.78. The van der Waals surface area contributed by atoms with Crippen LogP contribution >= 0.6 is 11.6 Å². The van der Waals surface area contributed by atoms with Gasteiger partial charge in [-0.15, -0.1) is 0 Å². The molecule has 0 saturated carbocycles. The molecule has 2 nitrogen and oxygen atoms in total. The van der Waals surface area contributed by atoms with Gasteiger partial charge in [-0.05, 0) is 57.5 Å². The van der Waals surface area contributed by atoms with E-state index in [-0.39, 0.29) is 0 Å². The van der Waals surface area contributed by atoms with Crippen molar-refractivity contribution in [1.29, 1.82) is 0 Å². The first-order chi connectivity index (χ1) is 9.19. The zero-order valence-corrected chi connectivity index (χ0v) is 12.8. The van der Waals surface area contributed by atoms with Crippen molar-refractivity contribution in [2.75, 3.05) is 19.6 Å². The highest BCUT2D eigenvalue weighted by atomic mass is 35.5. The molecule has 1 saturated heterocycles. The molecule has 1 N–H and O–H groups in total. The van der Waals surface area contributed by atoms with Crippen LogP contribution in [0.25, 0.3) is 0 Å². The maximum atomic E-state index is 6.21. The van der Waals surface area contributed by atoms with Gasteiger partial charge in [-0.1, -0.05) is 36.7 Å². The normalized spacial score (nSPS) is 19.5. The lowest BCUT2D eigenvalue weighted by molar-refractivity contribution is 0.200.